The summed E-state index contributed by atoms with van der Waals surface area (Å²) in [7, 11) is 1.65. The van der Waals surface area contributed by atoms with Crippen LogP contribution in [0.25, 0.3) is 0 Å². The normalized spacial score (nSPS) is 24.6. The molecule has 0 unspecified atom stereocenters. The van der Waals surface area contributed by atoms with Crippen molar-refractivity contribution in [2.24, 2.45) is 11.3 Å². The van der Waals surface area contributed by atoms with Crippen LogP contribution in [0.1, 0.15) is 63.6 Å². The Balaban J connectivity index is 1.74. The smallest absolute Gasteiger partial charge is 0.161 e. The number of aliphatic hydroxyl groups excluding tert-OH is 1. The van der Waals surface area contributed by atoms with Gasteiger partial charge in [-0.05, 0) is 60.3 Å². The standard InChI is InChI=1S/C24H36FNO3/c1-16(25)7-6-10-29-23-11-17-8-9-26-15-18(14-24(2,3)4)21(27)13-20(26)19(17)12-22(23)28-5/h11-12,18,20-21,27H,1,6-10,13-15H2,2-5H3/t18-,20-,21-/m1/s1. The average molecular weight is 406 g/mol. The van der Waals surface area contributed by atoms with E-state index in [1.54, 1.807) is 7.11 Å². The van der Waals surface area contributed by atoms with Crippen LogP contribution in [0.2, 0.25) is 0 Å². The Labute approximate surface area is 174 Å². The molecule has 162 valence electrons. The van der Waals surface area contributed by atoms with Gasteiger partial charge in [-0.1, -0.05) is 27.4 Å². The first-order chi connectivity index (χ1) is 13.7. The van der Waals surface area contributed by atoms with Crippen LogP contribution in [-0.4, -0.2) is 42.9 Å². The third-order valence-electron chi connectivity index (χ3n) is 6.10. The van der Waals surface area contributed by atoms with Gasteiger partial charge in [0, 0.05) is 25.6 Å². The fourth-order valence-corrected chi connectivity index (χ4v) is 4.81. The van der Waals surface area contributed by atoms with E-state index < -0.39 is 0 Å². The maximum absolute atomic E-state index is 12.8. The second kappa shape index (κ2) is 9.05. The fraction of sp³-hybridized carbons (Fsp3) is 0.667. The summed E-state index contributed by atoms with van der Waals surface area (Å²) in [6.07, 6.45) is 3.38. The van der Waals surface area contributed by atoms with E-state index in [1.807, 2.05) is 0 Å². The quantitative estimate of drug-likeness (QED) is 0.645. The van der Waals surface area contributed by atoms with Crippen molar-refractivity contribution in [2.45, 2.75) is 65.0 Å². The zero-order chi connectivity index (χ0) is 21.2. The van der Waals surface area contributed by atoms with Crippen LogP contribution in [0.4, 0.5) is 4.39 Å². The predicted molar refractivity (Wildman–Crippen MR) is 114 cm³/mol. The van der Waals surface area contributed by atoms with Gasteiger partial charge in [-0.3, -0.25) is 4.90 Å². The van der Waals surface area contributed by atoms with Crippen molar-refractivity contribution in [3.63, 3.8) is 0 Å². The van der Waals surface area contributed by atoms with Gasteiger partial charge in [0.05, 0.1) is 25.6 Å². The molecule has 1 saturated heterocycles. The monoisotopic (exact) mass is 405 g/mol. The summed E-state index contributed by atoms with van der Waals surface area (Å²) in [6, 6.07) is 4.37. The zero-order valence-corrected chi connectivity index (χ0v) is 18.3. The molecular weight excluding hydrogens is 369 g/mol. The number of ether oxygens (including phenoxy) is 2. The van der Waals surface area contributed by atoms with Crippen molar-refractivity contribution < 1.29 is 19.0 Å². The number of benzene rings is 1. The third kappa shape index (κ3) is 5.52. The molecule has 1 aromatic rings. The van der Waals surface area contributed by atoms with E-state index in [0.717, 1.165) is 32.4 Å². The average Bonchev–Trinajstić information content (AvgIpc) is 2.64. The van der Waals surface area contributed by atoms with Crippen molar-refractivity contribution in [3.8, 4) is 11.5 Å². The Hall–Kier alpha value is -1.59. The van der Waals surface area contributed by atoms with E-state index in [4.69, 9.17) is 9.47 Å². The molecule has 0 spiro atoms. The molecule has 1 fully saturated rings. The van der Waals surface area contributed by atoms with Gasteiger partial charge in [-0.15, -0.1) is 0 Å². The predicted octanol–water partition coefficient (Wildman–Crippen LogP) is 5.05. The minimum absolute atomic E-state index is 0.218. The highest BCUT2D eigenvalue weighted by atomic mass is 19.1. The van der Waals surface area contributed by atoms with E-state index in [1.165, 1.54) is 11.1 Å². The molecule has 2 heterocycles. The number of fused-ring (bicyclic) bond motifs is 3. The van der Waals surface area contributed by atoms with Gasteiger partial charge in [0.1, 0.15) is 0 Å². The maximum Gasteiger partial charge on any atom is 0.161 e. The Morgan fingerprint density at radius 1 is 1.31 bits per heavy atom. The lowest BCUT2D eigenvalue weighted by atomic mass is 9.75. The number of hydrogen-bond acceptors (Lipinski definition) is 4. The summed E-state index contributed by atoms with van der Waals surface area (Å²) in [4.78, 5) is 2.53. The Bertz CT molecular complexity index is 728. The minimum Gasteiger partial charge on any atom is -0.493 e. The van der Waals surface area contributed by atoms with Gasteiger partial charge in [0.25, 0.3) is 0 Å². The van der Waals surface area contributed by atoms with Crippen LogP contribution in [-0.2, 0) is 6.42 Å². The van der Waals surface area contributed by atoms with Crippen LogP contribution in [0.5, 0.6) is 11.5 Å². The summed E-state index contributed by atoms with van der Waals surface area (Å²) in [5.74, 6) is 1.43. The molecule has 0 amide bonds. The summed E-state index contributed by atoms with van der Waals surface area (Å²) >= 11 is 0. The molecule has 0 bridgehead atoms. The summed E-state index contributed by atoms with van der Waals surface area (Å²) in [6.45, 7) is 12.4. The molecule has 1 aromatic carbocycles. The largest absolute Gasteiger partial charge is 0.493 e. The number of halogens is 1. The Kier molecular flexibility index (Phi) is 6.90. The Morgan fingerprint density at radius 2 is 2.07 bits per heavy atom. The van der Waals surface area contributed by atoms with Gasteiger partial charge in [-0.25, -0.2) is 4.39 Å². The molecule has 0 aromatic heterocycles. The molecule has 4 nitrogen and oxygen atoms in total. The second-order valence-electron chi connectivity index (χ2n) is 9.76. The van der Waals surface area contributed by atoms with Crippen LogP contribution >= 0.6 is 0 Å². The molecule has 29 heavy (non-hydrogen) atoms. The minimum atomic E-state index is -0.313. The van der Waals surface area contributed by atoms with Crippen molar-refractivity contribution >= 4 is 0 Å². The SMILES string of the molecule is C=C(F)CCCOc1cc2c(cc1OC)[C@H]1C[C@@H](O)[C@H](CC(C)(C)C)CN1CC2. The molecule has 0 aliphatic carbocycles. The first kappa shape index (κ1) is 22.1. The van der Waals surface area contributed by atoms with E-state index in [2.05, 4.69) is 44.4 Å². The van der Waals surface area contributed by atoms with Crippen molar-refractivity contribution in [1.29, 1.82) is 0 Å². The van der Waals surface area contributed by atoms with Crippen molar-refractivity contribution in [2.75, 3.05) is 26.8 Å². The number of nitrogens with zero attached hydrogens (tertiary/aromatic N) is 1. The van der Waals surface area contributed by atoms with Crippen LogP contribution in [0.15, 0.2) is 24.5 Å². The first-order valence-electron chi connectivity index (χ1n) is 10.8. The van der Waals surface area contributed by atoms with E-state index in [0.29, 0.717) is 36.9 Å². The van der Waals surface area contributed by atoms with Gasteiger partial charge in [-0.2, -0.15) is 0 Å². The van der Waals surface area contributed by atoms with Gasteiger partial charge >= 0.3 is 0 Å². The molecule has 5 heteroatoms. The third-order valence-corrected chi connectivity index (χ3v) is 6.10. The molecule has 3 atom stereocenters. The molecule has 1 N–H and O–H groups in total. The highest BCUT2D eigenvalue weighted by Gasteiger charge is 2.39. The Morgan fingerprint density at radius 3 is 2.72 bits per heavy atom. The lowest BCUT2D eigenvalue weighted by molar-refractivity contribution is -0.0259. The lowest BCUT2D eigenvalue weighted by Gasteiger charge is -2.47. The van der Waals surface area contributed by atoms with Gasteiger partial charge in [0.2, 0.25) is 0 Å². The van der Waals surface area contributed by atoms with Crippen LogP contribution in [0.3, 0.4) is 0 Å². The second-order valence-corrected chi connectivity index (χ2v) is 9.76. The highest BCUT2D eigenvalue weighted by molar-refractivity contribution is 5.49. The number of hydrogen-bond donors (Lipinski definition) is 1. The lowest BCUT2D eigenvalue weighted by Crippen LogP contribution is -2.48. The van der Waals surface area contributed by atoms with E-state index in [-0.39, 0.29) is 23.4 Å². The molecule has 0 radical (unpaired) electrons. The molecular formula is C24H36FNO3. The molecule has 3 rings (SSSR count). The number of methoxy groups -OCH3 is 1. The summed E-state index contributed by atoms with van der Waals surface area (Å²) in [5, 5.41) is 10.8. The van der Waals surface area contributed by atoms with E-state index in [9.17, 15) is 9.50 Å². The van der Waals surface area contributed by atoms with Gasteiger partial charge in [0.15, 0.2) is 11.5 Å². The number of piperidine rings is 1. The zero-order valence-electron chi connectivity index (χ0n) is 18.3. The summed E-state index contributed by atoms with van der Waals surface area (Å²) < 4.78 is 24.3. The first-order valence-corrected chi connectivity index (χ1v) is 10.8. The molecule has 2 aliphatic rings. The number of rotatable bonds is 7. The molecule has 2 aliphatic heterocycles. The van der Waals surface area contributed by atoms with Crippen LogP contribution < -0.4 is 9.47 Å². The highest BCUT2D eigenvalue weighted by Crippen LogP contribution is 2.44. The topological polar surface area (TPSA) is 41.9 Å². The van der Waals surface area contributed by atoms with Crippen LogP contribution in [0, 0.1) is 11.3 Å². The van der Waals surface area contributed by atoms with Crippen molar-refractivity contribution in [1.82, 2.24) is 4.90 Å². The molecule has 0 saturated carbocycles. The van der Waals surface area contributed by atoms with Crippen molar-refractivity contribution in [3.05, 3.63) is 35.7 Å². The van der Waals surface area contributed by atoms with E-state index >= 15 is 0 Å². The summed E-state index contributed by atoms with van der Waals surface area (Å²) in [5.41, 5.74) is 2.72. The fourth-order valence-electron chi connectivity index (χ4n) is 4.81. The number of aliphatic hydroxyl groups is 1. The maximum atomic E-state index is 12.8. The van der Waals surface area contributed by atoms with Gasteiger partial charge < -0.3 is 14.6 Å². The number of allylic oxidation sites excluding steroid dienone is 1.